The van der Waals surface area contributed by atoms with E-state index in [1.807, 2.05) is 12.1 Å². The van der Waals surface area contributed by atoms with Crippen molar-refractivity contribution in [2.75, 3.05) is 33.4 Å². The fourth-order valence-corrected chi connectivity index (χ4v) is 1.97. The van der Waals surface area contributed by atoms with Crippen molar-refractivity contribution < 1.29 is 9.47 Å². The van der Waals surface area contributed by atoms with Gasteiger partial charge >= 0.3 is 0 Å². The third-order valence-electron chi connectivity index (χ3n) is 3.20. The molecule has 1 aliphatic heterocycles. The zero-order valence-electron chi connectivity index (χ0n) is 10.7. The van der Waals surface area contributed by atoms with Crippen molar-refractivity contribution in [1.82, 2.24) is 5.32 Å². The maximum Gasteiger partial charge on any atom is 0.118 e. The molecule has 1 aliphatic rings. The van der Waals surface area contributed by atoms with Crippen LogP contribution in [0.4, 0.5) is 0 Å². The number of methoxy groups -OCH3 is 1. The van der Waals surface area contributed by atoms with Gasteiger partial charge in [0.25, 0.3) is 0 Å². The van der Waals surface area contributed by atoms with Gasteiger partial charge in [-0.05, 0) is 30.7 Å². The molecular formula is C14H21NO2. The average Bonchev–Trinajstić information content (AvgIpc) is 2.33. The Labute approximate surface area is 103 Å². The second-order valence-corrected chi connectivity index (χ2v) is 5.08. The Morgan fingerprint density at radius 1 is 1.29 bits per heavy atom. The molecule has 0 aromatic heterocycles. The van der Waals surface area contributed by atoms with Crippen molar-refractivity contribution in [3.8, 4) is 5.75 Å². The predicted molar refractivity (Wildman–Crippen MR) is 68.5 cm³/mol. The van der Waals surface area contributed by atoms with Crippen LogP contribution >= 0.6 is 0 Å². The Morgan fingerprint density at radius 3 is 2.53 bits per heavy atom. The number of hydrogen-bond donors (Lipinski definition) is 1. The summed E-state index contributed by atoms with van der Waals surface area (Å²) in [4.78, 5) is 0. The van der Waals surface area contributed by atoms with E-state index in [-0.39, 0.29) is 0 Å². The molecule has 3 heteroatoms. The molecule has 17 heavy (non-hydrogen) atoms. The molecule has 0 radical (unpaired) electrons. The van der Waals surface area contributed by atoms with Gasteiger partial charge in [-0.1, -0.05) is 19.1 Å². The van der Waals surface area contributed by atoms with Gasteiger partial charge in [-0.2, -0.15) is 0 Å². The SMILES string of the molecule is COc1ccc(CCNCC2(C)COC2)cc1. The van der Waals surface area contributed by atoms with Crippen LogP contribution in [0.2, 0.25) is 0 Å². The summed E-state index contributed by atoms with van der Waals surface area (Å²) in [5.74, 6) is 0.917. The zero-order chi connectivity index (χ0) is 12.1. The van der Waals surface area contributed by atoms with Gasteiger partial charge in [0.1, 0.15) is 5.75 Å². The first-order chi connectivity index (χ1) is 8.22. The summed E-state index contributed by atoms with van der Waals surface area (Å²) in [6.07, 6.45) is 1.06. The molecule has 0 atom stereocenters. The highest BCUT2D eigenvalue weighted by molar-refractivity contribution is 5.27. The second-order valence-electron chi connectivity index (χ2n) is 5.08. The van der Waals surface area contributed by atoms with Crippen LogP contribution < -0.4 is 10.1 Å². The Hall–Kier alpha value is -1.06. The molecule has 1 aromatic rings. The van der Waals surface area contributed by atoms with E-state index < -0.39 is 0 Å². The summed E-state index contributed by atoms with van der Waals surface area (Å²) >= 11 is 0. The predicted octanol–water partition coefficient (Wildman–Crippen LogP) is 1.86. The minimum atomic E-state index is 0.361. The quantitative estimate of drug-likeness (QED) is 0.763. The van der Waals surface area contributed by atoms with Crippen molar-refractivity contribution >= 4 is 0 Å². The maximum atomic E-state index is 5.22. The highest BCUT2D eigenvalue weighted by atomic mass is 16.5. The normalized spacial score (nSPS) is 17.5. The summed E-state index contributed by atoms with van der Waals surface area (Å²) in [7, 11) is 1.69. The molecular weight excluding hydrogens is 214 g/mol. The number of benzene rings is 1. The van der Waals surface area contributed by atoms with Crippen LogP contribution in [0, 0.1) is 5.41 Å². The molecule has 1 heterocycles. The summed E-state index contributed by atoms with van der Waals surface area (Å²) in [6.45, 7) is 6.10. The van der Waals surface area contributed by atoms with E-state index >= 15 is 0 Å². The Bertz CT molecular complexity index is 344. The molecule has 0 saturated carbocycles. The van der Waals surface area contributed by atoms with Crippen LogP contribution in [-0.2, 0) is 11.2 Å². The van der Waals surface area contributed by atoms with E-state index in [0.29, 0.717) is 5.41 Å². The first kappa shape index (κ1) is 12.4. The van der Waals surface area contributed by atoms with Crippen LogP contribution in [0.1, 0.15) is 12.5 Å². The first-order valence-corrected chi connectivity index (χ1v) is 6.13. The van der Waals surface area contributed by atoms with Crippen LogP contribution in [0.15, 0.2) is 24.3 Å². The first-order valence-electron chi connectivity index (χ1n) is 6.13. The minimum Gasteiger partial charge on any atom is -0.497 e. The molecule has 0 unspecified atom stereocenters. The van der Waals surface area contributed by atoms with Crippen LogP contribution in [0.5, 0.6) is 5.75 Å². The van der Waals surface area contributed by atoms with E-state index in [9.17, 15) is 0 Å². The second kappa shape index (κ2) is 5.52. The molecule has 3 nitrogen and oxygen atoms in total. The Balaban J connectivity index is 1.67. The monoisotopic (exact) mass is 235 g/mol. The Morgan fingerprint density at radius 2 is 2.00 bits per heavy atom. The average molecular weight is 235 g/mol. The maximum absolute atomic E-state index is 5.22. The smallest absolute Gasteiger partial charge is 0.118 e. The molecule has 1 fully saturated rings. The molecule has 1 N–H and O–H groups in total. The van der Waals surface area contributed by atoms with E-state index in [1.54, 1.807) is 7.11 Å². The number of nitrogens with one attached hydrogen (secondary N) is 1. The standard InChI is InChI=1S/C14H21NO2/c1-14(10-17-11-14)9-15-8-7-12-3-5-13(16-2)6-4-12/h3-6,15H,7-11H2,1-2H3. The van der Waals surface area contributed by atoms with Gasteiger partial charge in [-0.25, -0.2) is 0 Å². The third-order valence-corrected chi connectivity index (χ3v) is 3.20. The number of rotatable bonds is 6. The van der Waals surface area contributed by atoms with Gasteiger partial charge in [0, 0.05) is 12.0 Å². The van der Waals surface area contributed by atoms with Gasteiger partial charge in [0.2, 0.25) is 0 Å². The lowest BCUT2D eigenvalue weighted by Gasteiger charge is -2.38. The topological polar surface area (TPSA) is 30.5 Å². The van der Waals surface area contributed by atoms with Crippen LogP contribution in [-0.4, -0.2) is 33.4 Å². The lowest BCUT2D eigenvalue weighted by Crippen LogP contribution is -2.47. The van der Waals surface area contributed by atoms with Crippen LogP contribution in [0.25, 0.3) is 0 Å². The molecule has 2 rings (SSSR count). The van der Waals surface area contributed by atoms with E-state index in [2.05, 4.69) is 24.4 Å². The lowest BCUT2D eigenvalue weighted by molar-refractivity contribution is -0.0988. The summed E-state index contributed by atoms with van der Waals surface area (Å²) in [6, 6.07) is 8.26. The number of hydrogen-bond acceptors (Lipinski definition) is 3. The molecule has 0 bridgehead atoms. The van der Waals surface area contributed by atoms with Gasteiger partial charge in [0.05, 0.1) is 20.3 Å². The van der Waals surface area contributed by atoms with Crippen molar-refractivity contribution in [2.24, 2.45) is 5.41 Å². The summed E-state index contributed by atoms with van der Waals surface area (Å²) < 4.78 is 10.4. The van der Waals surface area contributed by atoms with Gasteiger partial charge < -0.3 is 14.8 Å². The zero-order valence-corrected chi connectivity index (χ0v) is 10.7. The fraction of sp³-hybridized carbons (Fsp3) is 0.571. The Kier molecular flexibility index (Phi) is 4.02. The molecule has 0 spiro atoms. The lowest BCUT2D eigenvalue weighted by atomic mass is 9.89. The van der Waals surface area contributed by atoms with E-state index in [1.165, 1.54) is 5.56 Å². The van der Waals surface area contributed by atoms with Gasteiger partial charge in [0.15, 0.2) is 0 Å². The highest BCUT2D eigenvalue weighted by Crippen LogP contribution is 2.24. The van der Waals surface area contributed by atoms with Crippen molar-refractivity contribution in [3.63, 3.8) is 0 Å². The largest absolute Gasteiger partial charge is 0.497 e. The minimum absolute atomic E-state index is 0.361. The molecule has 94 valence electrons. The molecule has 1 aromatic carbocycles. The highest BCUT2D eigenvalue weighted by Gasteiger charge is 2.32. The fourth-order valence-electron chi connectivity index (χ4n) is 1.97. The van der Waals surface area contributed by atoms with Crippen LogP contribution in [0.3, 0.4) is 0 Å². The van der Waals surface area contributed by atoms with Gasteiger partial charge in [-0.15, -0.1) is 0 Å². The van der Waals surface area contributed by atoms with Crippen molar-refractivity contribution in [1.29, 1.82) is 0 Å². The molecule has 1 saturated heterocycles. The summed E-state index contributed by atoms with van der Waals surface area (Å²) in [5.41, 5.74) is 1.70. The van der Waals surface area contributed by atoms with Crippen molar-refractivity contribution in [2.45, 2.75) is 13.3 Å². The molecule has 0 amide bonds. The summed E-state index contributed by atoms with van der Waals surface area (Å²) in [5, 5.41) is 3.49. The third kappa shape index (κ3) is 3.45. The number of ether oxygens (including phenoxy) is 2. The van der Waals surface area contributed by atoms with Gasteiger partial charge in [-0.3, -0.25) is 0 Å². The van der Waals surface area contributed by atoms with Crippen molar-refractivity contribution in [3.05, 3.63) is 29.8 Å². The van der Waals surface area contributed by atoms with E-state index in [0.717, 1.165) is 38.5 Å². The van der Waals surface area contributed by atoms with E-state index in [4.69, 9.17) is 9.47 Å². The molecule has 0 aliphatic carbocycles.